The lowest BCUT2D eigenvalue weighted by Gasteiger charge is -2.31. The summed E-state index contributed by atoms with van der Waals surface area (Å²) in [5.41, 5.74) is 9.37. The fourth-order valence-corrected chi connectivity index (χ4v) is 3.98. The monoisotopic (exact) mass is 403 g/mol. The molecule has 4 aliphatic heterocycles. The average Bonchev–Trinajstić information content (AvgIpc) is 3.02. The topological polar surface area (TPSA) is 66.5 Å². The summed E-state index contributed by atoms with van der Waals surface area (Å²) in [5.74, 6) is 0.628. The van der Waals surface area contributed by atoms with E-state index in [0.717, 1.165) is 55.8 Å². The van der Waals surface area contributed by atoms with Crippen molar-refractivity contribution in [2.24, 2.45) is 15.7 Å². The molecule has 0 radical (unpaired) electrons. The zero-order valence-corrected chi connectivity index (χ0v) is 18.3. The van der Waals surface area contributed by atoms with Crippen LogP contribution >= 0.6 is 11.8 Å². The summed E-state index contributed by atoms with van der Waals surface area (Å²) in [6, 6.07) is 0. The molecule has 4 aliphatic rings. The van der Waals surface area contributed by atoms with Gasteiger partial charge in [-0.05, 0) is 23.1 Å². The first kappa shape index (κ1) is 22.5. The van der Waals surface area contributed by atoms with Gasteiger partial charge in [-0.3, -0.25) is 4.90 Å². The molecule has 2 N–H and O–H groups in total. The van der Waals surface area contributed by atoms with Gasteiger partial charge >= 0.3 is 0 Å². The third-order valence-corrected chi connectivity index (χ3v) is 5.29. The first-order chi connectivity index (χ1) is 13.8. The molecule has 0 aromatic heterocycles. The number of hydrogen-bond donors (Lipinski definition) is 1. The minimum atomic E-state index is 0.628. The second kappa shape index (κ2) is 11.9. The molecular weight excluding hydrogens is 370 g/mol. The lowest BCUT2D eigenvalue weighted by molar-refractivity contribution is 0.0405. The zero-order chi connectivity index (χ0) is 20.4. The highest BCUT2D eigenvalue weighted by molar-refractivity contribution is 8.16. The summed E-state index contributed by atoms with van der Waals surface area (Å²) < 4.78 is 5.43. The number of ether oxygens (including phenoxy) is 1. The number of hydrogen-bond acceptors (Lipinski definition) is 7. The molecule has 4 rings (SSSR count). The molecule has 6 nitrogen and oxygen atoms in total. The number of fused-ring (bicyclic) bond motifs is 1. The van der Waals surface area contributed by atoms with Crippen LogP contribution in [0.5, 0.6) is 0 Å². The Hall–Kier alpha value is -1.83. The first-order valence-corrected chi connectivity index (χ1v) is 11.1. The minimum Gasteiger partial charge on any atom is -0.387 e. The van der Waals surface area contributed by atoms with Crippen LogP contribution in [0.15, 0.2) is 56.8 Å². The SMILES string of the molecule is CC.CC.NC1=NC=CC=C(C2=CCN3C(CN4CCOCC4)=CSC3=N2)C1. The number of thioether (sulfide) groups is 1. The standard InChI is InChI=1S/C17H21N5OS.2C2H6/c18-16-10-13(2-1-4-19-16)15-3-5-22-14(12-24-17(22)20-15)11-21-6-8-23-9-7-21;2*1-2/h1-4,12H,5-11H2,(H2,18,19);2*1-2H3. The van der Waals surface area contributed by atoms with E-state index in [1.54, 1.807) is 18.0 Å². The van der Waals surface area contributed by atoms with Crippen molar-refractivity contribution >= 4 is 22.8 Å². The molecule has 28 heavy (non-hydrogen) atoms. The molecule has 1 saturated heterocycles. The number of allylic oxidation sites excluding steroid dienone is 3. The van der Waals surface area contributed by atoms with Crippen LogP contribution in [0.3, 0.4) is 0 Å². The Morgan fingerprint density at radius 3 is 2.68 bits per heavy atom. The van der Waals surface area contributed by atoms with E-state index in [2.05, 4.69) is 32.4 Å². The Morgan fingerprint density at radius 1 is 1.18 bits per heavy atom. The van der Waals surface area contributed by atoms with Crippen LogP contribution in [0.1, 0.15) is 34.1 Å². The van der Waals surface area contributed by atoms with E-state index in [1.807, 2.05) is 33.8 Å². The Morgan fingerprint density at radius 2 is 1.93 bits per heavy atom. The van der Waals surface area contributed by atoms with Gasteiger partial charge in [0.15, 0.2) is 5.17 Å². The van der Waals surface area contributed by atoms with Crippen LogP contribution in [0.25, 0.3) is 0 Å². The van der Waals surface area contributed by atoms with E-state index in [-0.39, 0.29) is 0 Å². The lowest BCUT2D eigenvalue weighted by Crippen LogP contribution is -2.40. The van der Waals surface area contributed by atoms with Gasteiger partial charge in [-0.2, -0.15) is 0 Å². The highest BCUT2D eigenvalue weighted by Gasteiger charge is 2.27. The molecule has 7 heteroatoms. The van der Waals surface area contributed by atoms with Crippen LogP contribution in [0.4, 0.5) is 0 Å². The zero-order valence-electron chi connectivity index (χ0n) is 17.5. The number of rotatable bonds is 3. The van der Waals surface area contributed by atoms with E-state index in [9.17, 15) is 0 Å². The van der Waals surface area contributed by atoms with Gasteiger partial charge < -0.3 is 15.4 Å². The van der Waals surface area contributed by atoms with Gasteiger partial charge in [0.05, 0.1) is 18.9 Å². The minimum absolute atomic E-state index is 0.628. The van der Waals surface area contributed by atoms with Gasteiger partial charge in [0, 0.05) is 44.5 Å². The maximum Gasteiger partial charge on any atom is 0.173 e. The molecule has 0 aliphatic carbocycles. The quantitative estimate of drug-likeness (QED) is 0.778. The Bertz CT molecular complexity index is 700. The molecule has 0 saturated carbocycles. The summed E-state index contributed by atoms with van der Waals surface area (Å²) in [4.78, 5) is 13.7. The van der Waals surface area contributed by atoms with Gasteiger partial charge in [-0.15, -0.1) is 0 Å². The van der Waals surface area contributed by atoms with E-state index in [1.165, 1.54) is 5.70 Å². The van der Waals surface area contributed by atoms with Crippen molar-refractivity contribution in [1.29, 1.82) is 0 Å². The molecule has 0 bridgehead atoms. The first-order valence-electron chi connectivity index (χ1n) is 10.2. The van der Waals surface area contributed by atoms with Crippen molar-refractivity contribution < 1.29 is 4.74 Å². The lowest BCUT2D eigenvalue weighted by atomic mass is 10.1. The van der Waals surface area contributed by atoms with Crippen molar-refractivity contribution in [2.75, 3.05) is 39.4 Å². The van der Waals surface area contributed by atoms with Gasteiger partial charge in [-0.1, -0.05) is 45.5 Å². The molecule has 1 fully saturated rings. The maximum absolute atomic E-state index is 5.91. The second-order valence-corrected chi connectivity index (χ2v) is 6.88. The molecule has 154 valence electrons. The van der Waals surface area contributed by atoms with Gasteiger partial charge in [0.2, 0.25) is 0 Å². The summed E-state index contributed by atoms with van der Waals surface area (Å²) in [5, 5.41) is 3.28. The van der Waals surface area contributed by atoms with Crippen LogP contribution in [-0.2, 0) is 4.74 Å². The molecule has 0 spiro atoms. The predicted octanol–water partition coefficient (Wildman–Crippen LogP) is 3.72. The molecule has 4 heterocycles. The fraction of sp³-hybridized carbons (Fsp3) is 0.524. The Kier molecular flexibility index (Phi) is 9.54. The van der Waals surface area contributed by atoms with E-state index in [4.69, 9.17) is 15.5 Å². The molecule has 0 amide bonds. The Labute approximate surface area is 173 Å². The van der Waals surface area contributed by atoms with E-state index in [0.29, 0.717) is 12.3 Å². The highest BCUT2D eigenvalue weighted by Crippen LogP contribution is 2.32. The molecular formula is C21H33N5OS. The summed E-state index contributed by atoms with van der Waals surface area (Å²) in [7, 11) is 0. The molecule has 0 unspecified atom stereocenters. The van der Waals surface area contributed by atoms with E-state index >= 15 is 0 Å². The molecule has 0 aromatic carbocycles. The summed E-state index contributed by atoms with van der Waals surface area (Å²) >= 11 is 1.71. The smallest absolute Gasteiger partial charge is 0.173 e. The van der Waals surface area contributed by atoms with Crippen molar-refractivity contribution in [3.05, 3.63) is 46.8 Å². The number of aliphatic imine (C=N–C) groups is 2. The van der Waals surface area contributed by atoms with Gasteiger partial charge in [0.1, 0.15) is 5.84 Å². The third-order valence-electron chi connectivity index (χ3n) is 4.37. The number of nitrogens with zero attached hydrogens (tertiary/aromatic N) is 4. The van der Waals surface area contributed by atoms with Crippen molar-refractivity contribution in [2.45, 2.75) is 34.1 Å². The summed E-state index contributed by atoms with van der Waals surface area (Å²) in [6.45, 7) is 13.5. The van der Waals surface area contributed by atoms with Gasteiger partial charge in [-0.25, -0.2) is 9.98 Å². The van der Waals surface area contributed by atoms with Crippen LogP contribution < -0.4 is 5.73 Å². The average molecular weight is 404 g/mol. The van der Waals surface area contributed by atoms with Crippen molar-refractivity contribution in [3.8, 4) is 0 Å². The summed E-state index contributed by atoms with van der Waals surface area (Å²) in [6.07, 6.45) is 8.54. The second-order valence-electron chi connectivity index (χ2n) is 6.04. The fourth-order valence-electron chi connectivity index (χ4n) is 3.07. The van der Waals surface area contributed by atoms with Crippen LogP contribution in [0.2, 0.25) is 0 Å². The number of nitrogens with two attached hydrogens (primary N) is 1. The third kappa shape index (κ3) is 5.83. The molecule has 0 atom stereocenters. The van der Waals surface area contributed by atoms with E-state index < -0.39 is 0 Å². The van der Waals surface area contributed by atoms with Gasteiger partial charge in [0.25, 0.3) is 0 Å². The predicted molar refractivity (Wildman–Crippen MR) is 121 cm³/mol. The van der Waals surface area contributed by atoms with Crippen molar-refractivity contribution in [3.63, 3.8) is 0 Å². The van der Waals surface area contributed by atoms with Crippen LogP contribution in [0, 0.1) is 0 Å². The van der Waals surface area contributed by atoms with Crippen LogP contribution in [-0.4, -0.2) is 60.2 Å². The van der Waals surface area contributed by atoms with Crippen molar-refractivity contribution in [1.82, 2.24) is 9.80 Å². The highest BCUT2D eigenvalue weighted by atomic mass is 32.2. The largest absolute Gasteiger partial charge is 0.387 e. The number of morpholine rings is 1. The Balaban J connectivity index is 0.000000660. The maximum atomic E-state index is 5.91. The number of amidine groups is 2. The molecule has 0 aromatic rings. The normalized spacial score (nSPS) is 21.4.